The second kappa shape index (κ2) is 13.4. The minimum Gasteiger partial charge on any atom is -0.493 e. The molecule has 0 fully saturated rings. The first-order valence-electron chi connectivity index (χ1n) is 12.9. The van der Waals surface area contributed by atoms with Gasteiger partial charge in [-0.2, -0.15) is 13.2 Å². The van der Waals surface area contributed by atoms with Crippen molar-refractivity contribution in [3.8, 4) is 17.0 Å². The van der Waals surface area contributed by atoms with Crippen molar-refractivity contribution >= 4 is 39.6 Å². The lowest BCUT2D eigenvalue weighted by Gasteiger charge is -2.26. The summed E-state index contributed by atoms with van der Waals surface area (Å²) >= 11 is 1.20. The van der Waals surface area contributed by atoms with E-state index in [-0.39, 0.29) is 29.3 Å². The number of carbonyl (C=O) groups is 2. The molecular weight excluding hydrogens is 555 g/mol. The molecule has 0 aliphatic heterocycles. The summed E-state index contributed by atoms with van der Waals surface area (Å²) in [5.74, 6) is -1.42. The maximum atomic E-state index is 14.3. The quantitative estimate of drug-likeness (QED) is 0.0949. The molecule has 0 saturated carbocycles. The van der Waals surface area contributed by atoms with Gasteiger partial charge in [0.05, 0.1) is 23.6 Å². The molecule has 2 heterocycles. The predicted molar refractivity (Wildman–Crippen MR) is 151 cm³/mol. The fourth-order valence-electron chi connectivity index (χ4n) is 4.05. The summed E-state index contributed by atoms with van der Waals surface area (Å²) in [4.78, 5) is 34.7. The average Bonchev–Trinajstić information content (AvgIpc) is 3.44. The molecule has 0 amide bonds. The molecule has 2 aromatic carbocycles. The van der Waals surface area contributed by atoms with Crippen LogP contribution >= 0.6 is 11.3 Å². The standard InChI is InChI=1S/C30H28F3N3O4S/c1-3-4-7-15-39-28-13-12-22(16-24(28)30(31,32)33)36(29-35-25(19-41-29)21-9-8-14-34-17-21)26-11-6-5-10-23(26)27(38)18-40-20(2)37/h5-6,8-14,16-17,19H,3-4,7,15,18H2,1-2H3. The highest BCUT2D eigenvalue weighted by Crippen LogP contribution is 2.44. The Balaban J connectivity index is 1.84. The minimum absolute atomic E-state index is 0.123. The van der Waals surface area contributed by atoms with Crippen molar-refractivity contribution in [3.05, 3.63) is 83.5 Å². The van der Waals surface area contributed by atoms with Gasteiger partial charge in [0.25, 0.3) is 0 Å². The highest BCUT2D eigenvalue weighted by atomic mass is 32.1. The van der Waals surface area contributed by atoms with Crippen LogP contribution in [0.3, 0.4) is 0 Å². The van der Waals surface area contributed by atoms with Gasteiger partial charge in [-0.1, -0.05) is 31.9 Å². The lowest BCUT2D eigenvalue weighted by molar-refractivity contribution is -0.140. The zero-order valence-corrected chi connectivity index (χ0v) is 23.3. The number of esters is 1. The SMILES string of the molecule is CCCCCOc1ccc(N(c2nc(-c3cccnc3)cs2)c2ccccc2C(=O)COC(C)=O)cc1C(F)(F)F. The van der Waals surface area contributed by atoms with E-state index in [4.69, 9.17) is 9.47 Å². The summed E-state index contributed by atoms with van der Waals surface area (Å²) in [5, 5.41) is 2.08. The van der Waals surface area contributed by atoms with Gasteiger partial charge in [-0.15, -0.1) is 11.3 Å². The largest absolute Gasteiger partial charge is 0.493 e. The number of alkyl halides is 3. The molecule has 4 aromatic rings. The zero-order valence-electron chi connectivity index (χ0n) is 22.5. The van der Waals surface area contributed by atoms with E-state index in [0.29, 0.717) is 17.2 Å². The zero-order chi connectivity index (χ0) is 29.4. The number of ketones is 1. The molecule has 0 N–H and O–H groups in total. The van der Waals surface area contributed by atoms with Gasteiger partial charge < -0.3 is 9.47 Å². The fourth-order valence-corrected chi connectivity index (χ4v) is 4.92. The van der Waals surface area contributed by atoms with Crippen LogP contribution in [-0.4, -0.2) is 34.9 Å². The summed E-state index contributed by atoms with van der Waals surface area (Å²) in [7, 11) is 0. The van der Waals surface area contributed by atoms with E-state index >= 15 is 0 Å². The van der Waals surface area contributed by atoms with Gasteiger partial charge in [-0.25, -0.2) is 4.98 Å². The summed E-state index contributed by atoms with van der Waals surface area (Å²) in [6.45, 7) is 2.83. The second-order valence-electron chi connectivity index (χ2n) is 9.05. The van der Waals surface area contributed by atoms with Crippen molar-refractivity contribution in [2.45, 2.75) is 39.3 Å². The van der Waals surface area contributed by atoms with E-state index < -0.39 is 30.1 Å². The number of benzene rings is 2. The molecule has 0 radical (unpaired) electrons. The monoisotopic (exact) mass is 583 g/mol. The first-order valence-corrected chi connectivity index (χ1v) is 13.8. The number of para-hydroxylation sites is 1. The molecule has 4 rings (SSSR count). The van der Waals surface area contributed by atoms with E-state index in [1.54, 1.807) is 42.0 Å². The van der Waals surface area contributed by atoms with E-state index in [1.165, 1.54) is 41.4 Å². The van der Waals surface area contributed by atoms with Crippen LogP contribution in [0.15, 0.2) is 72.4 Å². The molecule has 0 aliphatic carbocycles. The maximum Gasteiger partial charge on any atom is 0.420 e. The normalized spacial score (nSPS) is 11.2. The van der Waals surface area contributed by atoms with Crippen LogP contribution in [0.5, 0.6) is 5.75 Å². The molecule has 0 bridgehead atoms. The van der Waals surface area contributed by atoms with Crippen molar-refractivity contribution in [2.75, 3.05) is 18.1 Å². The summed E-state index contributed by atoms with van der Waals surface area (Å²) in [6.07, 6.45) is 0.944. The third kappa shape index (κ3) is 7.49. The number of hydrogen-bond donors (Lipinski definition) is 0. The lowest BCUT2D eigenvalue weighted by Crippen LogP contribution is -2.18. The topological polar surface area (TPSA) is 81.6 Å². The van der Waals surface area contributed by atoms with Gasteiger partial charge in [0.15, 0.2) is 11.7 Å². The van der Waals surface area contributed by atoms with Crippen LogP contribution in [0, 0.1) is 0 Å². The fraction of sp³-hybridized carbons (Fsp3) is 0.267. The maximum absolute atomic E-state index is 14.3. The minimum atomic E-state index is -4.70. The first-order chi connectivity index (χ1) is 19.7. The Hall–Kier alpha value is -4.25. The summed E-state index contributed by atoms with van der Waals surface area (Å²) in [5.41, 5.74) is 0.906. The number of rotatable bonds is 12. The van der Waals surface area contributed by atoms with Crippen LogP contribution in [0.1, 0.15) is 49.0 Å². The van der Waals surface area contributed by atoms with E-state index in [9.17, 15) is 22.8 Å². The number of nitrogens with zero attached hydrogens (tertiary/aromatic N) is 3. The Kier molecular flexibility index (Phi) is 9.72. The molecule has 2 aromatic heterocycles. The van der Waals surface area contributed by atoms with Crippen molar-refractivity contribution in [1.82, 2.24) is 9.97 Å². The van der Waals surface area contributed by atoms with Crippen molar-refractivity contribution in [3.63, 3.8) is 0 Å². The molecule has 41 heavy (non-hydrogen) atoms. The molecule has 0 atom stereocenters. The average molecular weight is 584 g/mol. The number of pyridine rings is 1. The Morgan fingerprint density at radius 3 is 2.56 bits per heavy atom. The van der Waals surface area contributed by atoms with Gasteiger partial charge in [0.1, 0.15) is 5.75 Å². The Bertz CT molecular complexity index is 1490. The van der Waals surface area contributed by atoms with Gasteiger partial charge in [0.2, 0.25) is 5.78 Å². The number of hydrogen-bond acceptors (Lipinski definition) is 8. The number of Topliss-reactive ketones (excluding diaryl/α,β-unsaturated/α-hetero) is 1. The van der Waals surface area contributed by atoms with Crippen LogP contribution in [-0.2, 0) is 15.7 Å². The van der Waals surface area contributed by atoms with Gasteiger partial charge in [-0.05, 0) is 48.9 Å². The number of aromatic nitrogens is 2. The van der Waals surface area contributed by atoms with Crippen molar-refractivity contribution in [2.24, 2.45) is 0 Å². The second-order valence-corrected chi connectivity index (χ2v) is 9.88. The molecule has 7 nitrogen and oxygen atoms in total. The molecule has 0 aliphatic rings. The Morgan fingerprint density at radius 2 is 1.85 bits per heavy atom. The van der Waals surface area contributed by atoms with E-state index in [0.717, 1.165) is 24.5 Å². The Morgan fingerprint density at radius 1 is 1.05 bits per heavy atom. The van der Waals surface area contributed by atoms with Crippen LogP contribution in [0.2, 0.25) is 0 Å². The number of ether oxygens (including phenoxy) is 2. The smallest absolute Gasteiger partial charge is 0.420 e. The van der Waals surface area contributed by atoms with E-state index in [1.807, 2.05) is 13.0 Å². The summed E-state index contributed by atoms with van der Waals surface area (Å²) < 4.78 is 53.2. The molecule has 214 valence electrons. The number of anilines is 3. The lowest BCUT2D eigenvalue weighted by atomic mass is 10.1. The highest BCUT2D eigenvalue weighted by Gasteiger charge is 2.36. The number of halogens is 3. The van der Waals surface area contributed by atoms with Crippen molar-refractivity contribution < 1.29 is 32.2 Å². The van der Waals surface area contributed by atoms with Crippen LogP contribution < -0.4 is 9.64 Å². The Labute approximate surface area is 239 Å². The summed E-state index contributed by atoms with van der Waals surface area (Å²) in [6, 6.07) is 13.8. The first kappa shape index (κ1) is 29.7. The highest BCUT2D eigenvalue weighted by molar-refractivity contribution is 7.14. The van der Waals surface area contributed by atoms with Crippen LogP contribution in [0.4, 0.5) is 29.7 Å². The molecule has 0 spiro atoms. The number of unbranched alkanes of at least 4 members (excludes halogenated alkanes) is 2. The number of carbonyl (C=O) groups excluding carboxylic acids is 2. The third-order valence-corrected chi connectivity index (χ3v) is 6.85. The van der Waals surface area contributed by atoms with Crippen molar-refractivity contribution in [1.29, 1.82) is 0 Å². The predicted octanol–water partition coefficient (Wildman–Crippen LogP) is 8.01. The molecule has 0 saturated heterocycles. The van der Waals surface area contributed by atoms with Gasteiger partial charge in [0, 0.05) is 41.5 Å². The third-order valence-electron chi connectivity index (χ3n) is 6.02. The molecule has 11 heteroatoms. The number of thiazole rings is 1. The van der Waals surface area contributed by atoms with E-state index in [2.05, 4.69) is 9.97 Å². The van der Waals surface area contributed by atoms with Crippen LogP contribution in [0.25, 0.3) is 11.3 Å². The van der Waals surface area contributed by atoms with Gasteiger partial charge in [-0.3, -0.25) is 19.5 Å². The van der Waals surface area contributed by atoms with Gasteiger partial charge >= 0.3 is 12.1 Å². The molecule has 0 unspecified atom stereocenters. The molecular formula is C30H28F3N3O4S.